The third-order valence-corrected chi connectivity index (χ3v) is 4.24. The minimum Gasteiger partial charge on any atom is -0.505 e. The summed E-state index contributed by atoms with van der Waals surface area (Å²) < 4.78 is 2.95. The van der Waals surface area contributed by atoms with Crippen molar-refractivity contribution >= 4 is 28.3 Å². The lowest BCUT2D eigenvalue weighted by atomic mass is 10.2. The first-order valence-corrected chi connectivity index (χ1v) is 8.15. The van der Waals surface area contributed by atoms with E-state index in [0.29, 0.717) is 5.52 Å². The normalized spacial score (nSPS) is 12.6. The van der Waals surface area contributed by atoms with Gasteiger partial charge < -0.3 is 15.5 Å². The molecule has 0 bridgehead atoms. The fourth-order valence-corrected chi connectivity index (χ4v) is 2.98. The zero-order valence-corrected chi connectivity index (χ0v) is 14.6. The van der Waals surface area contributed by atoms with Gasteiger partial charge in [0.2, 0.25) is 0 Å². The highest BCUT2D eigenvalue weighted by molar-refractivity contribution is 6.01. The van der Waals surface area contributed by atoms with Crippen molar-refractivity contribution in [2.45, 2.75) is 32.9 Å². The summed E-state index contributed by atoms with van der Waals surface area (Å²) in [5.74, 6) is -2.64. The minimum atomic E-state index is -1.24. The first kappa shape index (κ1) is 17.5. The Morgan fingerprint density at radius 1 is 1.12 bits per heavy atom. The van der Waals surface area contributed by atoms with Crippen LogP contribution in [0.1, 0.15) is 37.2 Å². The summed E-state index contributed by atoms with van der Waals surface area (Å²) in [6.07, 6.45) is 0. The van der Waals surface area contributed by atoms with Gasteiger partial charge in [0.25, 0.3) is 11.5 Å². The van der Waals surface area contributed by atoms with Gasteiger partial charge in [-0.3, -0.25) is 14.4 Å². The highest BCUT2D eigenvalue weighted by Gasteiger charge is 2.26. The molecule has 0 aliphatic heterocycles. The van der Waals surface area contributed by atoms with Gasteiger partial charge in [0, 0.05) is 11.4 Å². The van der Waals surface area contributed by atoms with E-state index in [1.165, 1.54) is 11.6 Å². The Labute approximate surface area is 148 Å². The lowest BCUT2D eigenvalue weighted by Gasteiger charge is -2.18. The van der Waals surface area contributed by atoms with Crippen LogP contribution in [0.5, 0.6) is 5.75 Å². The molecule has 0 saturated carbocycles. The fourth-order valence-electron chi connectivity index (χ4n) is 2.98. The van der Waals surface area contributed by atoms with Crippen LogP contribution in [0.25, 0.3) is 16.4 Å². The number of para-hydroxylation sites is 1. The molecule has 0 unspecified atom stereocenters. The van der Waals surface area contributed by atoms with Gasteiger partial charge in [-0.2, -0.15) is 0 Å². The van der Waals surface area contributed by atoms with Gasteiger partial charge in [0.1, 0.15) is 17.1 Å². The van der Waals surface area contributed by atoms with E-state index in [0.717, 1.165) is 10.9 Å². The first-order chi connectivity index (χ1) is 12.2. The number of carbonyl (C=O) groups excluding carboxylic acids is 1. The van der Waals surface area contributed by atoms with Gasteiger partial charge in [0.05, 0.1) is 5.52 Å². The molecule has 0 saturated heterocycles. The number of carboxylic acid groups (broad SMARTS) is 1. The summed E-state index contributed by atoms with van der Waals surface area (Å²) in [4.78, 5) is 36.4. The van der Waals surface area contributed by atoms with E-state index in [1.54, 1.807) is 24.4 Å². The molecule has 2 aromatic heterocycles. The van der Waals surface area contributed by atoms with Crippen LogP contribution in [0.2, 0.25) is 0 Å². The lowest BCUT2D eigenvalue weighted by molar-refractivity contribution is -0.138. The highest BCUT2D eigenvalue weighted by Crippen LogP contribution is 2.29. The Morgan fingerprint density at radius 3 is 2.38 bits per heavy atom. The molecule has 26 heavy (non-hydrogen) atoms. The zero-order chi connectivity index (χ0) is 19.2. The number of aromatic nitrogens is 2. The number of benzene rings is 1. The number of aromatic hydroxyl groups is 1. The number of carboxylic acids is 1. The number of nitrogens with one attached hydrogen (secondary N) is 1. The van der Waals surface area contributed by atoms with E-state index in [9.17, 15) is 19.5 Å². The smallest absolute Gasteiger partial charge is 0.325 e. The Kier molecular flexibility index (Phi) is 4.19. The molecule has 3 N–H and O–H groups in total. The Balaban J connectivity index is 2.35. The standard InChI is InChI=1S/C18H19N3O5/c1-9(2)20-17(24)14(16(23)19-10(3)18(25)26)15(22)13-8-11-6-4-5-7-12(11)21(13)20/h4-10,22H,1-3H3,(H,19,23)(H,25,26)/t10-/m0/s1. The van der Waals surface area contributed by atoms with Gasteiger partial charge >= 0.3 is 5.97 Å². The summed E-state index contributed by atoms with van der Waals surface area (Å²) in [6, 6.07) is 7.48. The van der Waals surface area contributed by atoms with Crippen LogP contribution < -0.4 is 10.9 Å². The van der Waals surface area contributed by atoms with Crippen molar-refractivity contribution in [1.82, 2.24) is 14.5 Å². The average Bonchev–Trinajstić information content (AvgIpc) is 2.94. The third-order valence-electron chi connectivity index (χ3n) is 4.24. The van der Waals surface area contributed by atoms with Gasteiger partial charge in [-0.05, 0) is 32.9 Å². The van der Waals surface area contributed by atoms with Crippen LogP contribution in [0.3, 0.4) is 0 Å². The zero-order valence-electron chi connectivity index (χ0n) is 14.6. The van der Waals surface area contributed by atoms with Crippen molar-refractivity contribution in [2.24, 2.45) is 0 Å². The van der Waals surface area contributed by atoms with Crippen molar-refractivity contribution in [3.05, 3.63) is 46.2 Å². The second-order valence-corrected chi connectivity index (χ2v) is 6.40. The molecule has 0 aliphatic carbocycles. The Hall–Kier alpha value is -3.29. The average molecular weight is 357 g/mol. The maximum Gasteiger partial charge on any atom is 0.325 e. The van der Waals surface area contributed by atoms with E-state index in [4.69, 9.17) is 5.11 Å². The van der Waals surface area contributed by atoms with Crippen molar-refractivity contribution in [3.8, 4) is 5.75 Å². The van der Waals surface area contributed by atoms with Crippen molar-refractivity contribution in [3.63, 3.8) is 0 Å². The second kappa shape index (κ2) is 6.21. The molecule has 0 spiro atoms. The number of amides is 1. The van der Waals surface area contributed by atoms with E-state index in [-0.39, 0.29) is 6.04 Å². The number of hydrogen-bond donors (Lipinski definition) is 3. The topological polar surface area (TPSA) is 113 Å². The molecule has 136 valence electrons. The quantitative estimate of drug-likeness (QED) is 0.658. The predicted octanol–water partition coefficient (Wildman–Crippen LogP) is 1.74. The largest absolute Gasteiger partial charge is 0.505 e. The van der Waals surface area contributed by atoms with Gasteiger partial charge in [-0.15, -0.1) is 0 Å². The molecule has 8 nitrogen and oxygen atoms in total. The number of carbonyl (C=O) groups is 2. The number of hydrogen-bond acceptors (Lipinski definition) is 4. The van der Waals surface area contributed by atoms with E-state index >= 15 is 0 Å². The minimum absolute atomic E-state index is 0.299. The van der Waals surface area contributed by atoms with Crippen molar-refractivity contribution < 1.29 is 19.8 Å². The number of aliphatic carboxylic acids is 1. The molecular weight excluding hydrogens is 338 g/mol. The molecular formula is C18H19N3O5. The van der Waals surface area contributed by atoms with Crippen LogP contribution in [-0.2, 0) is 4.79 Å². The molecule has 8 heteroatoms. The van der Waals surface area contributed by atoms with Crippen LogP contribution in [0.4, 0.5) is 0 Å². The van der Waals surface area contributed by atoms with Crippen LogP contribution in [0, 0.1) is 0 Å². The monoisotopic (exact) mass is 357 g/mol. The SMILES string of the molecule is CC(C)n1c(=O)c(C(=O)N[C@@H](C)C(=O)O)c(O)c2cc3ccccc3n21. The summed E-state index contributed by atoms with van der Waals surface area (Å²) in [6.45, 7) is 4.85. The number of fused-ring (bicyclic) bond motifs is 3. The molecule has 1 amide bonds. The highest BCUT2D eigenvalue weighted by atomic mass is 16.4. The van der Waals surface area contributed by atoms with Gasteiger partial charge in [-0.25, -0.2) is 9.20 Å². The molecule has 0 fully saturated rings. The molecule has 1 atom stereocenters. The second-order valence-electron chi connectivity index (χ2n) is 6.40. The third kappa shape index (κ3) is 2.59. The fraction of sp³-hybridized carbons (Fsp3) is 0.278. The lowest BCUT2D eigenvalue weighted by Crippen LogP contribution is -2.42. The molecule has 1 aromatic carbocycles. The van der Waals surface area contributed by atoms with Gasteiger partial charge in [-0.1, -0.05) is 18.2 Å². The maximum absolute atomic E-state index is 13.0. The van der Waals surface area contributed by atoms with Crippen molar-refractivity contribution in [2.75, 3.05) is 0 Å². The predicted molar refractivity (Wildman–Crippen MR) is 95.8 cm³/mol. The van der Waals surface area contributed by atoms with Gasteiger partial charge in [0.15, 0.2) is 5.75 Å². The Morgan fingerprint density at radius 2 is 1.77 bits per heavy atom. The van der Waals surface area contributed by atoms with E-state index in [2.05, 4.69) is 5.32 Å². The molecule has 0 aliphatic rings. The van der Waals surface area contributed by atoms with Crippen LogP contribution in [0.15, 0.2) is 35.1 Å². The summed E-state index contributed by atoms with van der Waals surface area (Å²) in [7, 11) is 0. The number of rotatable bonds is 4. The summed E-state index contributed by atoms with van der Waals surface area (Å²) in [5, 5.41) is 22.6. The van der Waals surface area contributed by atoms with E-state index in [1.807, 2.05) is 24.3 Å². The summed E-state index contributed by atoms with van der Waals surface area (Å²) >= 11 is 0. The van der Waals surface area contributed by atoms with Crippen LogP contribution in [-0.4, -0.2) is 37.3 Å². The maximum atomic E-state index is 13.0. The van der Waals surface area contributed by atoms with Crippen LogP contribution >= 0.6 is 0 Å². The first-order valence-electron chi connectivity index (χ1n) is 8.15. The van der Waals surface area contributed by atoms with Crippen molar-refractivity contribution in [1.29, 1.82) is 0 Å². The molecule has 2 heterocycles. The number of nitrogens with zero attached hydrogens (tertiary/aromatic N) is 2. The molecule has 0 radical (unpaired) electrons. The van der Waals surface area contributed by atoms with E-state index < -0.39 is 34.8 Å². The summed E-state index contributed by atoms with van der Waals surface area (Å²) in [5.41, 5.74) is -0.148. The molecule has 3 rings (SSSR count). The Bertz CT molecular complexity index is 1090. The molecule has 3 aromatic rings.